The molecule has 0 amide bonds. The first kappa shape index (κ1) is 26.5. The van der Waals surface area contributed by atoms with Crippen LogP contribution in [0.25, 0.3) is 11.1 Å². The number of likely N-dealkylation sites (N-methyl/N-ethyl adjacent to an activating group) is 1. The van der Waals surface area contributed by atoms with Crippen molar-refractivity contribution in [3.63, 3.8) is 0 Å². The van der Waals surface area contributed by atoms with Crippen molar-refractivity contribution < 1.29 is 9.47 Å². The number of nitrogens with zero attached hydrogens (tertiary/aromatic N) is 1. The van der Waals surface area contributed by atoms with Crippen LogP contribution in [0.5, 0.6) is 11.5 Å². The number of hydrogen-bond donors (Lipinski definition) is 0. The molecule has 0 atom stereocenters. The van der Waals surface area contributed by atoms with E-state index in [-0.39, 0.29) is 0 Å². The number of alkyl halides is 1. The first-order valence-corrected chi connectivity index (χ1v) is 13.2. The van der Waals surface area contributed by atoms with Crippen LogP contribution in [0.2, 0.25) is 0 Å². The Morgan fingerprint density at radius 1 is 0.649 bits per heavy atom. The average Bonchev–Trinajstić information content (AvgIpc) is 2.94. The van der Waals surface area contributed by atoms with Crippen LogP contribution >= 0.6 is 11.6 Å². The van der Waals surface area contributed by atoms with E-state index in [2.05, 4.69) is 65.6 Å². The number of rotatable bonds is 12. The van der Waals surface area contributed by atoms with E-state index in [9.17, 15) is 0 Å². The van der Waals surface area contributed by atoms with E-state index in [1.54, 1.807) is 0 Å². The molecule has 0 unspecified atom stereocenters. The third-order valence-electron chi connectivity index (χ3n) is 6.11. The largest absolute Gasteiger partial charge is 0.492 e. The highest BCUT2D eigenvalue weighted by Crippen LogP contribution is 2.36. The molecule has 0 heterocycles. The molecule has 37 heavy (non-hydrogen) atoms. The summed E-state index contributed by atoms with van der Waals surface area (Å²) < 4.78 is 12.0. The summed E-state index contributed by atoms with van der Waals surface area (Å²) in [4.78, 5) is 2.11. The van der Waals surface area contributed by atoms with Crippen molar-refractivity contribution in [1.29, 1.82) is 0 Å². The van der Waals surface area contributed by atoms with Gasteiger partial charge in [0.15, 0.2) is 0 Å². The Hall–Kier alpha value is -3.53. The van der Waals surface area contributed by atoms with Crippen molar-refractivity contribution in [3.8, 4) is 11.5 Å². The number of halogens is 1. The Morgan fingerprint density at radius 2 is 1.19 bits per heavy atom. The van der Waals surface area contributed by atoms with Gasteiger partial charge in [0, 0.05) is 12.4 Å². The summed E-state index contributed by atoms with van der Waals surface area (Å²) in [6.07, 6.45) is 0.758. The predicted octanol–water partition coefficient (Wildman–Crippen LogP) is 7.79. The fourth-order valence-corrected chi connectivity index (χ4v) is 4.37. The minimum atomic E-state index is 0.539. The van der Waals surface area contributed by atoms with Crippen molar-refractivity contribution in [2.75, 3.05) is 33.1 Å². The Balaban J connectivity index is 1.66. The molecular formula is C33H34ClNO2. The molecule has 4 aromatic carbocycles. The molecule has 0 fully saturated rings. The smallest absolute Gasteiger partial charge is 0.119 e. The Labute approximate surface area is 225 Å². The zero-order valence-corrected chi connectivity index (χ0v) is 22.3. The molecule has 0 aliphatic carbocycles. The van der Waals surface area contributed by atoms with E-state index in [1.807, 2.05) is 62.6 Å². The highest BCUT2D eigenvalue weighted by atomic mass is 35.5. The lowest BCUT2D eigenvalue weighted by molar-refractivity contribution is 0.261. The highest BCUT2D eigenvalue weighted by Gasteiger charge is 2.15. The van der Waals surface area contributed by atoms with Gasteiger partial charge >= 0.3 is 0 Å². The molecule has 4 heteroatoms. The normalized spacial score (nSPS) is 11.8. The van der Waals surface area contributed by atoms with E-state index in [4.69, 9.17) is 21.1 Å². The van der Waals surface area contributed by atoms with Crippen LogP contribution in [0.15, 0.2) is 109 Å². The average molecular weight is 512 g/mol. The van der Waals surface area contributed by atoms with E-state index >= 15 is 0 Å². The first-order valence-electron chi connectivity index (χ1n) is 12.6. The molecule has 0 saturated heterocycles. The molecule has 0 bridgehead atoms. The van der Waals surface area contributed by atoms with Crippen LogP contribution in [-0.4, -0.2) is 38.0 Å². The molecule has 0 aliphatic heterocycles. The lowest BCUT2D eigenvalue weighted by atomic mass is 9.88. The van der Waals surface area contributed by atoms with E-state index in [0.717, 1.165) is 41.2 Å². The summed E-state index contributed by atoms with van der Waals surface area (Å²) in [7, 11) is 4.09. The SMILES string of the molecule is CN(C)CCOc1ccc(/C(=C(/CCCl)c2ccccc2)c2ccc(OCc3ccccc3)cc2)cc1. The van der Waals surface area contributed by atoms with Crippen LogP contribution in [0, 0.1) is 0 Å². The fraction of sp³-hybridized carbons (Fsp3) is 0.212. The molecule has 0 spiro atoms. The highest BCUT2D eigenvalue weighted by molar-refractivity contribution is 6.18. The van der Waals surface area contributed by atoms with Gasteiger partial charge in [0.2, 0.25) is 0 Å². The molecule has 4 rings (SSSR count). The molecular weight excluding hydrogens is 478 g/mol. The third-order valence-corrected chi connectivity index (χ3v) is 6.30. The van der Waals surface area contributed by atoms with Gasteiger partial charge in [-0.05, 0) is 78.2 Å². The van der Waals surface area contributed by atoms with Crippen LogP contribution in [0.1, 0.15) is 28.7 Å². The van der Waals surface area contributed by atoms with Gasteiger partial charge in [-0.3, -0.25) is 0 Å². The van der Waals surface area contributed by atoms with E-state index in [1.165, 1.54) is 16.7 Å². The number of benzene rings is 4. The second-order valence-corrected chi connectivity index (χ2v) is 9.51. The number of allylic oxidation sites excluding steroid dienone is 1. The maximum Gasteiger partial charge on any atom is 0.119 e. The minimum absolute atomic E-state index is 0.539. The summed E-state index contributed by atoms with van der Waals surface area (Å²) in [5, 5.41) is 0. The molecule has 4 aromatic rings. The summed E-state index contributed by atoms with van der Waals surface area (Å²) in [5.74, 6) is 2.25. The van der Waals surface area contributed by atoms with Gasteiger partial charge in [-0.15, -0.1) is 11.6 Å². The summed E-state index contributed by atoms with van der Waals surface area (Å²) in [6, 6.07) is 37.4. The minimum Gasteiger partial charge on any atom is -0.492 e. The maximum atomic E-state index is 6.32. The standard InChI is InChI=1S/C33H34ClNO2/c1-35(2)23-24-36-30-17-13-28(14-18-30)33(32(21-22-34)27-11-7-4-8-12-27)29-15-19-31(20-16-29)37-25-26-9-5-3-6-10-26/h3-20H,21-25H2,1-2H3/b33-32+. The topological polar surface area (TPSA) is 21.7 Å². The lowest BCUT2D eigenvalue weighted by Crippen LogP contribution is -2.19. The van der Waals surface area contributed by atoms with E-state index < -0.39 is 0 Å². The zero-order valence-electron chi connectivity index (χ0n) is 21.6. The number of ether oxygens (including phenoxy) is 2. The van der Waals surface area contributed by atoms with E-state index in [0.29, 0.717) is 19.1 Å². The second-order valence-electron chi connectivity index (χ2n) is 9.13. The van der Waals surface area contributed by atoms with Crippen molar-refractivity contribution in [1.82, 2.24) is 4.90 Å². The van der Waals surface area contributed by atoms with Crippen LogP contribution < -0.4 is 9.47 Å². The molecule has 0 aliphatic rings. The maximum absolute atomic E-state index is 6.32. The fourth-order valence-electron chi connectivity index (χ4n) is 4.19. The van der Waals surface area contributed by atoms with Crippen molar-refractivity contribution in [3.05, 3.63) is 131 Å². The number of hydrogen-bond acceptors (Lipinski definition) is 3. The molecule has 0 saturated carbocycles. The van der Waals surface area contributed by atoms with Gasteiger partial charge in [0.25, 0.3) is 0 Å². The third kappa shape index (κ3) is 7.72. The Bertz CT molecular complexity index is 1250. The van der Waals surface area contributed by atoms with Gasteiger partial charge in [-0.1, -0.05) is 84.9 Å². The lowest BCUT2D eigenvalue weighted by Gasteiger charge is -2.18. The quantitative estimate of drug-likeness (QED) is 0.143. The summed E-state index contributed by atoms with van der Waals surface area (Å²) in [6.45, 7) is 2.07. The monoisotopic (exact) mass is 511 g/mol. The van der Waals surface area contributed by atoms with Gasteiger partial charge in [-0.25, -0.2) is 0 Å². The second kappa shape index (κ2) is 13.7. The van der Waals surface area contributed by atoms with Crippen LogP contribution in [0.3, 0.4) is 0 Å². The van der Waals surface area contributed by atoms with Gasteiger partial charge in [-0.2, -0.15) is 0 Å². The summed E-state index contributed by atoms with van der Waals surface area (Å²) in [5.41, 5.74) is 6.96. The van der Waals surface area contributed by atoms with Gasteiger partial charge in [0.05, 0.1) is 0 Å². The van der Waals surface area contributed by atoms with Gasteiger partial charge < -0.3 is 14.4 Å². The Morgan fingerprint density at radius 3 is 1.73 bits per heavy atom. The van der Waals surface area contributed by atoms with Crippen molar-refractivity contribution >= 4 is 22.7 Å². The molecule has 0 aromatic heterocycles. The molecule has 0 radical (unpaired) electrons. The van der Waals surface area contributed by atoms with Crippen molar-refractivity contribution in [2.24, 2.45) is 0 Å². The zero-order chi connectivity index (χ0) is 25.9. The first-order chi connectivity index (χ1) is 18.1. The predicted molar refractivity (Wildman–Crippen MR) is 155 cm³/mol. The Kier molecular flexibility index (Phi) is 9.81. The molecule has 3 nitrogen and oxygen atoms in total. The van der Waals surface area contributed by atoms with Crippen molar-refractivity contribution in [2.45, 2.75) is 13.0 Å². The summed E-state index contributed by atoms with van der Waals surface area (Å²) >= 11 is 6.32. The molecule has 0 N–H and O–H groups in total. The van der Waals surface area contributed by atoms with Gasteiger partial charge in [0.1, 0.15) is 24.7 Å². The van der Waals surface area contributed by atoms with Crippen LogP contribution in [-0.2, 0) is 6.61 Å². The van der Waals surface area contributed by atoms with Crippen LogP contribution in [0.4, 0.5) is 0 Å². The molecule has 190 valence electrons.